The lowest BCUT2D eigenvalue weighted by molar-refractivity contribution is -0.132. The largest absolute Gasteiger partial charge is 0.336 e. The third kappa shape index (κ3) is 2.17. The van der Waals surface area contributed by atoms with Crippen LogP contribution in [0.5, 0.6) is 0 Å². The van der Waals surface area contributed by atoms with Crippen LogP contribution in [0.1, 0.15) is 37.8 Å². The molecular formula is C12H16N2O. The molecule has 0 radical (unpaired) electrons. The van der Waals surface area contributed by atoms with E-state index < -0.39 is 0 Å². The first-order valence-electron chi connectivity index (χ1n) is 5.46. The van der Waals surface area contributed by atoms with Crippen LogP contribution in [0.15, 0.2) is 24.5 Å². The summed E-state index contributed by atoms with van der Waals surface area (Å²) in [5, 5.41) is 0. The van der Waals surface area contributed by atoms with Crippen LogP contribution in [0.3, 0.4) is 0 Å². The molecule has 0 aromatic carbocycles. The predicted octanol–water partition coefficient (Wildman–Crippen LogP) is 2.16. The highest BCUT2D eigenvalue weighted by Gasteiger charge is 2.25. The molecule has 1 aromatic heterocycles. The van der Waals surface area contributed by atoms with Gasteiger partial charge in [0.05, 0.1) is 6.04 Å². The van der Waals surface area contributed by atoms with Gasteiger partial charge >= 0.3 is 0 Å². The zero-order valence-corrected chi connectivity index (χ0v) is 9.02. The molecule has 0 saturated carbocycles. The summed E-state index contributed by atoms with van der Waals surface area (Å²) in [4.78, 5) is 17.5. The minimum atomic E-state index is 0.177. The zero-order chi connectivity index (χ0) is 10.7. The number of carbonyl (C=O) groups is 1. The average Bonchev–Trinajstić information content (AvgIpc) is 2.30. The van der Waals surface area contributed by atoms with Gasteiger partial charge in [0.1, 0.15) is 0 Å². The van der Waals surface area contributed by atoms with Crippen LogP contribution in [0.25, 0.3) is 0 Å². The summed E-state index contributed by atoms with van der Waals surface area (Å²) in [7, 11) is 0. The lowest BCUT2D eigenvalue weighted by Gasteiger charge is -2.35. The second kappa shape index (κ2) is 4.43. The Morgan fingerprint density at radius 2 is 2.13 bits per heavy atom. The quantitative estimate of drug-likeness (QED) is 0.702. The zero-order valence-electron chi connectivity index (χ0n) is 9.02. The van der Waals surface area contributed by atoms with Crippen molar-refractivity contribution in [3.63, 3.8) is 0 Å². The molecule has 1 saturated heterocycles. The highest BCUT2D eigenvalue weighted by molar-refractivity contribution is 5.73. The van der Waals surface area contributed by atoms with Crippen LogP contribution in [0.2, 0.25) is 0 Å². The van der Waals surface area contributed by atoms with E-state index in [4.69, 9.17) is 0 Å². The van der Waals surface area contributed by atoms with Crippen molar-refractivity contribution in [2.24, 2.45) is 0 Å². The fraction of sp³-hybridized carbons (Fsp3) is 0.500. The number of piperidine rings is 1. The van der Waals surface area contributed by atoms with Crippen LogP contribution >= 0.6 is 0 Å². The molecular weight excluding hydrogens is 188 g/mol. The van der Waals surface area contributed by atoms with Gasteiger partial charge in [0, 0.05) is 25.9 Å². The molecule has 2 heterocycles. The third-order valence-corrected chi connectivity index (χ3v) is 3.00. The molecule has 80 valence electrons. The molecule has 0 spiro atoms. The summed E-state index contributed by atoms with van der Waals surface area (Å²) >= 11 is 0. The number of likely N-dealkylation sites (tertiary alicyclic amines) is 1. The van der Waals surface area contributed by atoms with Crippen molar-refractivity contribution in [2.75, 3.05) is 6.54 Å². The normalized spacial score (nSPS) is 21.4. The van der Waals surface area contributed by atoms with Crippen LogP contribution in [0, 0.1) is 0 Å². The number of aromatic nitrogens is 1. The summed E-state index contributed by atoms with van der Waals surface area (Å²) in [6, 6.07) is 4.27. The Morgan fingerprint density at radius 3 is 2.80 bits per heavy atom. The first-order chi connectivity index (χ1) is 7.29. The monoisotopic (exact) mass is 204 g/mol. The van der Waals surface area contributed by atoms with Crippen molar-refractivity contribution in [3.8, 4) is 0 Å². The average molecular weight is 204 g/mol. The fourth-order valence-electron chi connectivity index (χ4n) is 2.24. The van der Waals surface area contributed by atoms with Gasteiger partial charge in [0.15, 0.2) is 0 Å². The van der Waals surface area contributed by atoms with Crippen LogP contribution < -0.4 is 0 Å². The summed E-state index contributed by atoms with van der Waals surface area (Å²) in [5.41, 5.74) is 1.21. The maximum Gasteiger partial charge on any atom is 0.219 e. The minimum absolute atomic E-state index is 0.177. The molecule has 0 bridgehead atoms. The predicted molar refractivity (Wildman–Crippen MR) is 58.2 cm³/mol. The minimum Gasteiger partial charge on any atom is -0.336 e. The van der Waals surface area contributed by atoms with Gasteiger partial charge in [-0.15, -0.1) is 0 Å². The van der Waals surface area contributed by atoms with E-state index in [0.717, 1.165) is 19.4 Å². The van der Waals surface area contributed by atoms with E-state index in [2.05, 4.69) is 4.98 Å². The molecule has 1 aliphatic rings. The second-order valence-corrected chi connectivity index (χ2v) is 4.00. The van der Waals surface area contributed by atoms with Crippen molar-refractivity contribution >= 4 is 5.91 Å². The van der Waals surface area contributed by atoms with Gasteiger partial charge in [-0.3, -0.25) is 9.78 Å². The van der Waals surface area contributed by atoms with Gasteiger partial charge in [0.2, 0.25) is 5.91 Å². The fourth-order valence-corrected chi connectivity index (χ4v) is 2.24. The highest BCUT2D eigenvalue weighted by Crippen LogP contribution is 2.30. The molecule has 3 nitrogen and oxygen atoms in total. The molecule has 1 fully saturated rings. The van der Waals surface area contributed by atoms with Crippen molar-refractivity contribution in [2.45, 2.75) is 32.2 Å². The van der Waals surface area contributed by atoms with E-state index in [1.165, 1.54) is 12.0 Å². The van der Waals surface area contributed by atoms with Gasteiger partial charge in [-0.05, 0) is 37.0 Å². The summed E-state index contributed by atoms with van der Waals surface area (Å²) in [5.74, 6) is 0.177. The Bertz CT molecular complexity index is 337. The lowest BCUT2D eigenvalue weighted by Crippen LogP contribution is -2.36. The van der Waals surface area contributed by atoms with E-state index in [9.17, 15) is 4.79 Å². The van der Waals surface area contributed by atoms with E-state index in [-0.39, 0.29) is 11.9 Å². The van der Waals surface area contributed by atoms with Crippen molar-refractivity contribution in [1.82, 2.24) is 9.88 Å². The number of hydrogen-bond acceptors (Lipinski definition) is 2. The van der Waals surface area contributed by atoms with Crippen LogP contribution in [-0.2, 0) is 4.79 Å². The van der Waals surface area contributed by atoms with Gasteiger partial charge in [-0.2, -0.15) is 0 Å². The Balaban J connectivity index is 2.22. The number of pyridine rings is 1. The van der Waals surface area contributed by atoms with E-state index in [0.29, 0.717) is 0 Å². The highest BCUT2D eigenvalue weighted by atomic mass is 16.2. The lowest BCUT2D eigenvalue weighted by atomic mass is 9.96. The molecule has 2 rings (SSSR count). The number of hydrogen-bond donors (Lipinski definition) is 0. The van der Waals surface area contributed by atoms with Crippen molar-refractivity contribution in [3.05, 3.63) is 30.1 Å². The maximum atomic E-state index is 11.5. The smallest absolute Gasteiger partial charge is 0.219 e. The first-order valence-corrected chi connectivity index (χ1v) is 5.46. The summed E-state index contributed by atoms with van der Waals surface area (Å²) < 4.78 is 0. The number of carbonyl (C=O) groups excluding carboxylic acids is 1. The molecule has 0 aliphatic carbocycles. The maximum absolute atomic E-state index is 11.5. The Labute approximate surface area is 90.1 Å². The molecule has 1 aliphatic heterocycles. The standard InChI is InChI=1S/C12H16N2O/c1-10(15)14-9-3-2-4-12(14)11-5-7-13-8-6-11/h5-8,12H,2-4,9H2,1H3/t12-/m0/s1. The third-order valence-electron chi connectivity index (χ3n) is 3.00. The van der Waals surface area contributed by atoms with E-state index >= 15 is 0 Å². The van der Waals surface area contributed by atoms with Crippen LogP contribution in [0.4, 0.5) is 0 Å². The summed E-state index contributed by atoms with van der Waals surface area (Å²) in [6.45, 7) is 2.54. The van der Waals surface area contributed by atoms with Gasteiger partial charge in [-0.1, -0.05) is 0 Å². The Hall–Kier alpha value is -1.38. The number of rotatable bonds is 1. The number of amides is 1. The van der Waals surface area contributed by atoms with Gasteiger partial charge in [0.25, 0.3) is 0 Å². The van der Waals surface area contributed by atoms with Crippen molar-refractivity contribution in [1.29, 1.82) is 0 Å². The van der Waals surface area contributed by atoms with Gasteiger partial charge < -0.3 is 4.90 Å². The molecule has 1 amide bonds. The topological polar surface area (TPSA) is 33.2 Å². The molecule has 0 unspecified atom stereocenters. The molecule has 15 heavy (non-hydrogen) atoms. The number of nitrogens with zero attached hydrogens (tertiary/aromatic N) is 2. The molecule has 1 atom stereocenters. The first kappa shape index (κ1) is 10.1. The molecule has 1 aromatic rings. The van der Waals surface area contributed by atoms with E-state index in [1.54, 1.807) is 19.3 Å². The van der Waals surface area contributed by atoms with E-state index in [1.807, 2.05) is 17.0 Å². The van der Waals surface area contributed by atoms with Crippen LogP contribution in [-0.4, -0.2) is 22.3 Å². The Morgan fingerprint density at radius 1 is 1.40 bits per heavy atom. The summed E-state index contributed by atoms with van der Waals surface area (Å²) in [6.07, 6.45) is 6.99. The second-order valence-electron chi connectivity index (χ2n) is 4.00. The van der Waals surface area contributed by atoms with Gasteiger partial charge in [-0.25, -0.2) is 0 Å². The molecule has 3 heteroatoms. The molecule has 0 N–H and O–H groups in total. The van der Waals surface area contributed by atoms with Crippen molar-refractivity contribution < 1.29 is 4.79 Å². The SMILES string of the molecule is CC(=O)N1CCCC[C@H]1c1ccncc1. The Kier molecular flexibility index (Phi) is 2.99.